The Labute approximate surface area is 204 Å². The van der Waals surface area contributed by atoms with Crippen molar-refractivity contribution in [1.29, 1.82) is 0 Å². The number of nitrogens with zero attached hydrogens (tertiary/aromatic N) is 1. The minimum Gasteiger partial charge on any atom is -0.480 e. The fourth-order valence-corrected chi connectivity index (χ4v) is 4.61. The Balaban J connectivity index is 1.83. The van der Waals surface area contributed by atoms with Crippen molar-refractivity contribution < 1.29 is 24.3 Å². The number of aromatic nitrogens is 1. The van der Waals surface area contributed by atoms with Gasteiger partial charge >= 0.3 is 5.97 Å². The van der Waals surface area contributed by atoms with Gasteiger partial charge in [-0.1, -0.05) is 32.0 Å². The smallest absolute Gasteiger partial charge is 0.320 e. The Morgan fingerprint density at radius 2 is 1.89 bits per heavy atom. The summed E-state index contributed by atoms with van der Waals surface area (Å²) < 4.78 is 0. The van der Waals surface area contributed by atoms with Crippen LogP contribution in [0.1, 0.15) is 45.6 Å². The number of likely N-dealkylation sites (tertiary alicyclic amines) is 1. The summed E-state index contributed by atoms with van der Waals surface area (Å²) in [4.78, 5) is 54.8. The first kappa shape index (κ1) is 26.2. The van der Waals surface area contributed by atoms with Crippen molar-refractivity contribution in [3.05, 3.63) is 36.0 Å². The zero-order valence-corrected chi connectivity index (χ0v) is 20.4. The van der Waals surface area contributed by atoms with Crippen LogP contribution >= 0.6 is 0 Å². The van der Waals surface area contributed by atoms with Crippen molar-refractivity contribution >= 4 is 34.6 Å². The lowest BCUT2D eigenvalue weighted by molar-refractivity contribution is -0.142. The molecule has 2 heterocycles. The molecule has 1 unspecified atom stereocenters. The van der Waals surface area contributed by atoms with Gasteiger partial charge in [0.15, 0.2) is 0 Å². The maximum Gasteiger partial charge on any atom is 0.320 e. The number of carboxylic acids is 1. The first-order valence-electron chi connectivity index (χ1n) is 12.0. The van der Waals surface area contributed by atoms with Crippen LogP contribution in [0.15, 0.2) is 30.5 Å². The van der Waals surface area contributed by atoms with E-state index in [9.17, 15) is 24.3 Å². The molecule has 3 amide bonds. The molecule has 1 aliphatic rings. The highest BCUT2D eigenvalue weighted by Crippen LogP contribution is 2.21. The van der Waals surface area contributed by atoms with Crippen molar-refractivity contribution in [3.8, 4) is 0 Å². The molecular formula is C25H35N5O5. The number of H-pyrrole nitrogens is 1. The molecule has 190 valence electrons. The summed E-state index contributed by atoms with van der Waals surface area (Å²) in [6.45, 7) is 5.76. The van der Waals surface area contributed by atoms with Crippen LogP contribution in [0.2, 0.25) is 0 Å². The Kier molecular flexibility index (Phi) is 8.50. The van der Waals surface area contributed by atoms with Gasteiger partial charge < -0.3 is 26.0 Å². The van der Waals surface area contributed by atoms with Crippen LogP contribution in [0.5, 0.6) is 0 Å². The number of amides is 3. The average Bonchev–Trinajstić information content (AvgIpc) is 3.45. The number of hydrogen-bond acceptors (Lipinski definition) is 5. The Morgan fingerprint density at radius 3 is 2.54 bits per heavy atom. The molecule has 0 saturated carbocycles. The first-order chi connectivity index (χ1) is 16.6. The van der Waals surface area contributed by atoms with Crippen molar-refractivity contribution in [2.24, 2.45) is 11.7 Å². The average molecular weight is 486 g/mol. The number of fused-ring (bicyclic) bond motifs is 1. The summed E-state index contributed by atoms with van der Waals surface area (Å²) in [5.74, 6) is -2.36. The van der Waals surface area contributed by atoms with Crippen molar-refractivity contribution in [1.82, 2.24) is 20.5 Å². The van der Waals surface area contributed by atoms with Gasteiger partial charge in [-0.2, -0.15) is 0 Å². The summed E-state index contributed by atoms with van der Waals surface area (Å²) in [5, 5.41) is 16.1. The van der Waals surface area contributed by atoms with Gasteiger partial charge in [-0.05, 0) is 50.2 Å². The number of hydrogen-bond donors (Lipinski definition) is 5. The van der Waals surface area contributed by atoms with Gasteiger partial charge in [0.2, 0.25) is 17.7 Å². The Hall–Kier alpha value is -3.40. The molecule has 0 bridgehead atoms. The van der Waals surface area contributed by atoms with Crippen molar-refractivity contribution in [2.75, 3.05) is 6.54 Å². The second kappa shape index (κ2) is 11.4. The molecule has 0 aliphatic carbocycles. The van der Waals surface area contributed by atoms with Crippen LogP contribution in [-0.2, 0) is 25.6 Å². The predicted octanol–water partition coefficient (Wildman–Crippen LogP) is 1.15. The molecule has 2 aromatic rings. The van der Waals surface area contributed by atoms with E-state index in [1.165, 1.54) is 11.8 Å². The van der Waals surface area contributed by atoms with Crippen molar-refractivity contribution in [2.45, 2.75) is 70.6 Å². The highest BCUT2D eigenvalue weighted by atomic mass is 16.4. The van der Waals surface area contributed by atoms with Gasteiger partial charge in [0, 0.05) is 23.6 Å². The summed E-state index contributed by atoms with van der Waals surface area (Å²) in [6.07, 6.45) is 3.58. The minimum absolute atomic E-state index is 0.0943. The van der Waals surface area contributed by atoms with E-state index in [-0.39, 0.29) is 18.2 Å². The lowest BCUT2D eigenvalue weighted by Crippen LogP contribution is -2.57. The maximum absolute atomic E-state index is 13.5. The fraction of sp³-hybridized carbons (Fsp3) is 0.520. The third-order valence-corrected chi connectivity index (χ3v) is 6.42. The molecule has 4 atom stereocenters. The van der Waals surface area contributed by atoms with E-state index in [1.807, 2.05) is 38.1 Å². The summed E-state index contributed by atoms with van der Waals surface area (Å²) >= 11 is 0. The molecule has 1 saturated heterocycles. The number of para-hydroxylation sites is 1. The second-order valence-electron chi connectivity index (χ2n) is 9.63. The third-order valence-electron chi connectivity index (χ3n) is 6.42. The molecule has 0 spiro atoms. The first-order valence-corrected chi connectivity index (χ1v) is 12.0. The molecule has 1 aliphatic heterocycles. The number of nitrogens with one attached hydrogen (secondary N) is 3. The third kappa shape index (κ3) is 6.39. The van der Waals surface area contributed by atoms with Gasteiger partial charge in [0.25, 0.3) is 0 Å². The van der Waals surface area contributed by atoms with Gasteiger partial charge in [0.1, 0.15) is 18.1 Å². The highest BCUT2D eigenvalue weighted by molar-refractivity contribution is 5.94. The summed E-state index contributed by atoms with van der Waals surface area (Å²) in [5.41, 5.74) is 7.25. The number of primary amides is 1. The standard InChI is InChI=1S/C25H35N5O5/c1-14(2)11-20(24(33)30-10-6-9-21(30)22(26)31)29-23(32)19(28-15(3)25(34)35)12-16-13-27-18-8-5-4-7-17(16)18/h4-5,7-8,13-15,19-21,27-28H,6,9-12H2,1-3H3,(H2,26,31)(H,29,32)(H,34,35)/t15?,19-,20-,21-/m0/s1. The number of carboxylic acid groups (broad SMARTS) is 1. The van der Waals surface area contributed by atoms with Gasteiger partial charge in [-0.3, -0.25) is 24.5 Å². The molecule has 0 radical (unpaired) electrons. The van der Waals surface area contributed by atoms with Gasteiger partial charge in [-0.15, -0.1) is 0 Å². The summed E-state index contributed by atoms with van der Waals surface area (Å²) in [6, 6.07) is 4.24. The molecule has 6 N–H and O–H groups in total. The van der Waals surface area contributed by atoms with Crippen molar-refractivity contribution in [3.63, 3.8) is 0 Å². The lowest BCUT2D eigenvalue weighted by Gasteiger charge is -2.30. The monoisotopic (exact) mass is 485 g/mol. The molecule has 3 rings (SSSR count). The molecule has 35 heavy (non-hydrogen) atoms. The van der Waals surface area contributed by atoms with E-state index in [1.54, 1.807) is 6.20 Å². The van der Waals surface area contributed by atoms with Gasteiger partial charge in [0.05, 0.1) is 6.04 Å². The zero-order valence-electron chi connectivity index (χ0n) is 20.4. The maximum atomic E-state index is 13.5. The Morgan fingerprint density at radius 1 is 1.17 bits per heavy atom. The fourth-order valence-electron chi connectivity index (χ4n) is 4.61. The highest BCUT2D eigenvalue weighted by Gasteiger charge is 2.37. The van der Waals surface area contributed by atoms with E-state index in [4.69, 9.17) is 5.73 Å². The molecule has 1 fully saturated rings. The van der Waals surface area contributed by atoms with Crippen LogP contribution in [-0.4, -0.2) is 69.4 Å². The van der Waals surface area contributed by atoms with E-state index < -0.39 is 42.0 Å². The Bertz CT molecular complexity index is 1080. The number of rotatable bonds is 11. The van der Waals surface area contributed by atoms with E-state index in [0.717, 1.165) is 16.5 Å². The van der Waals surface area contributed by atoms with E-state index in [2.05, 4.69) is 15.6 Å². The van der Waals surface area contributed by atoms with Crippen LogP contribution in [0.25, 0.3) is 10.9 Å². The molecule has 10 heteroatoms. The largest absolute Gasteiger partial charge is 0.480 e. The lowest BCUT2D eigenvalue weighted by atomic mass is 9.99. The van der Waals surface area contributed by atoms with E-state index >= 15 is 0 Å². The van der Waals surface area contributed by atoms with Gasteiger partial charge in [-0.25, -0.2) is 0 Å². The second-order valence-corrected chi connectivity index (χ2v) is 9.63. The number of benzene rings is 1. The summed E-state index contributed by atoms with van der Waals surface area (Å²) in [7, 11) is 0. The normalized spacial score (nSPS) is 18.4. The SMILES string of the molecule is CC(C)C[C@H](NC(=O)[C@H](Cc1c[nH]c2ccccc12)NC(C)C(=O)O)C(=O)N1CCC[C@H]1C(N)=O. The number of aliphatic carboxylic acids is 1. The van der Waals surface area contributed by atoms with Crippen LogP contribution in [0.4, 0.5) is 0 Å². The predicted molar refractivity (Wildman–Crippen MR) is 131 cm³/mol. The van der Waals surface area contributed by atoms with Crippen LogP contribution in [0, 0.1) is 5.92 Å². The molecule has 1 aromatic heterocycles. The molecule has 10 nitrogen and oxygen atoms in total. The number of nitrogens with two attached hydrogens (primary N) is 1. The van der Waals surface area contributed by atoms with Crippen LogP contribution in [0.3, 0.4) is 0 Å². The number of carbonyl (C=O) groups is 4. The number of aromatic amines is 1. The van der Waals surface area contributed by atoms with Crippen LogP contribution < -0.4 is 16.4 Å². The molecule has 1 aromatic carbocycles. The zero-order chi connectivity index (χ0) is 25.7. The molecular weight excluding hydrogens is 450 g/mol. The quantitative estimate of drug-likeness (QED) is 0.321. The minimum atomic E-state index is -1.09. The van der Waals surface area contributed by atoms with E-state index in [0.29, 0.717) is 25.8 Å². The topological polar surface area (TPSA) is 158 Å². The number of carbonyl (C=O) groups excluding carboxylic acids is 3.